The van der Waals surface area contributed by atoms with Crippen molar-refractivity contribution in [2.24, 2.45) is 0 Å². The number of benzene rings is 2. The van der Waals surface area contributed by atoms with E-state index in [1.165, 1.54) is 0 Å². The molecule has 8 heteroatoms. The van der Waals surface area contributed by atoms with E-state index in [0.29, 0.717) is 17.2 Å². The van der Waals surface area contributed by atoms with Crippen LogP contribution in [0.3, 0.4) is 0 Å². The highest BCUT2D eigenvalue weighted by molar-refractivity contribution is 6.32. The van der Waals surface area contributed by atoms with Crippen LogP contribution in [0.2, 0.25) is 5.02 Å². The smallest absolute Gasteiger partial charge is 0.225 e. The second-order valence-corrected chi connectivity index (χ2v) is 7.20. The third-order valence-corrected chi connectivity index (χ3v) is 5.35. The summed E-state index contributed by atoms with van der Waals surface area (Å²) in [5.74, 6) is 0.421. The average molecular weight is 406 g/mol. The number of ether oxygens (including phenoxy) is 1. The second kappa shape index (κ2) is 6.86. The number of nitrogens with one attached hydrogen (secondary N) is 1. The van der Waals surface area contributed by atoms with Gasteiger partial charge in [-0.2, -0.15) is 4.80 Å². The molecule has 0 saturated carbocycles. The molecular formula is C21H16ClN5O2. The fourth-order valence-electron chi connectivity index (χ4n) is 3.71. The van der Waals surface area contributed by atoms with Gasteiger partial charge in [0.25, 0.3) is 0 Å². The molecule has 0 unspecified atom stereocenters. The monoisotopic (exact) mass is 405 g/mol. The van der Waals surface area contributed by atoms with E-state index in [0.717, 1.165) is 33.5 Å². The van der Waals surface area contributed by atoms with Crippen molar-refractivity contribution in [3.8, 4) is 11.4 Å². The maximum Gasteiger partial charge on any atom is 0.225 e. The summed E-state index contributed by atoms with van der Waals surface area (Å²) >= 11 is 6.26. The van der Waals surface area contributed by atoms with Crippen LogP contribution in [0.15, 0.2) is 54.9 Å². The quantitative estimate of drug-likeness (QED) is 0.558. The molecule has 1 aliphatic rings. The average Bonchev–Trinajstić information content (AvgIpc) is 3.18. The molecule has 1 aliphatic heterocycles. The number of rotatable bonds is 3. The Morgan fingerprint density at radius 1 is 1.21 bits per heavy atom. The number of methoxy groups -OCH3 is 1. The van der Waals surface area contributed by atoms with Crippen LogP contribution in [0, 0.1) is 0 Å². The van der Waals surface area contributed by atoms with Gasteiger partial charge in [-0.25, -0.2) is 0 Å². The van der Waals surface area contributed by atoms with E-state index >= 15 is 0 Å². The number of amides is 1. The highest BCUT2D eigenvalue weighted by Gasteiger charge is 2.30. The van der Waals surface area contributed by atoms with E-state index in [2.05, 4.69) is 15.4 Å². The zero-order valence-corrected chi connectivity index (χ0v) is 16.2. The van der Waals surface area contributed by atoms with Gasteiger partial charge >= 0.3 is 0 Å². The van der Waals surface area contributed by atoms with Crippen LogP contribution >= 0.6 is 11.6 Å². The number of anilines is 1. The van der Waals surface area contributed by atoms with Crippen LogP contribution in [-0.2, 0) is 4.79 Å². The summed E-state index contributed by atoms with van der Waals surface area (Å²) in [4.78, 5) is 18.0. The van der Waals surface area contributed by atoms with Crippen molar-refractivity contribution in [1.29, 1.82) is 0 Å². The molecule has 3 heterocycles. The minimum atomic E-state index is -0.138. The fraction of sp³-hybridized carbons (Fsp3) is 0.143. The summed E-state index contributed by atoms with van der Waals surface area (Å²) in [7, 11) is 1.57. The summed E-state index contributed by atoms with van der Waals surface area (Å²) < 4.78 is 5.21. The van der Waals surface area contributed by atoms with Crippen LogP contribution in [-0.4, -0.2) is 33.0 Å². The maximum absolute atomic E-state index is 12.3. The molecule has 0 spiro atoms. The molecule has 1 atom stereocenters. The first-order valence-electron chi connectivity index (χ1n) is 9.07. The predicted octanol–water partition coefficient (Wildman–Crippen LogP) is 3.95. The number of nitrogens with zero attached hydrogens (tertiary/aromatic N) is 4. The lowest BCUT2D eigenvalue weighted by molar-refractivity contribution is -0.116. The van der Waals surface area contributed by atoms with Crippen LogP contribution in [0.25, 0.3) is 16.7 Å². The molecule has 1 N–H and O–H groups in total. The van der Waals surface area contributed by atoms with Gasteiger partial charge in [0.2, 0.25) is 5.91 Å². The van der Waals surface area contributed by atoms with Crippen molar-refractivity contribution in [3.63, 3.8) is 0 Å². The van der Waals surface area contributed by atoms with E-state index in [4.69, 9.17) is 21.4 Å². The van der Waals surface area contributed by atoms with Crippen molar-refractivity contribution >= 4 is 34.2 Å². The van der Waals surface area contributed by atoms with Crippen molar-refractivity contribution in [2.75, 3.05) is 12.4 Å². The van der Waals surface area contributed by atoms with Gasteiger partial charge in [-0.05, 0) is 42.0 Å². The van der Waals surface area contributed by atoms with Crippen LogP contribution in [0.4, 0.5) is 5.69 Å². The number of hydrogen-bond donors (Lipinski definition) is 1. The Morgan fingerprint density at radius 3 is 2.86 bits per heavy atom. The minimum Gasteiger partial charge on any atom is -0.495 e. The number of hydrogen-bond acceptors (Lipinski definition) is 5. The van der Waals surface area contributed by atoms with Gasteiger partial charge in [0.15, 0.2) is 0 Å². The topological polar surface area (TPSA) is 81.9 Å². The molecule has 29 heavy (non-hydrogen) atoms. The Bertz CT molecular complexity index is 1240. The lowest BCUT2D eigenvalue weighted by Crippen LogP contribution is -2.23. The number of fused-ring (bicyclic) bond motifs is 3. The van der Waals surface area contributed by atoms with Crippen LogP contribution in [0.5, 0.6) is 5.75 Å². The fourth-order valence-corrected chi connectivity index (χ4v) is 3.97. The molecule has 4 aromatic rings. The Balaban J connectivity index is 1.68. The lowest BCUT2D eigenvalue weighted by atomic mass is 9.85. The van der Waals surface area contributed by atoms with E-state index in [9.17, 15) is 4.79 Å². The van der Waals surface area contributed by atoms with Gasteiger partial charge in [-0.15, -0.1) is 10.2 Å². The van der Waals surface area contributed by atoms with E-state index < -0.39 is 0 Å². The first kappa shape index (κ1) is 17.6. The first-order chi connectivity index (χ1) is 14.1. The van der Waals surface area contributed by atoms with E-state index in [1.54, 1.807) is 36.4 Å². The molecule has 7 nitrogen and oxygen atoms in total. The number of aromatic nitrogens is 4. The molecule has 1 amide bonds. The molecule has 0 radical (unpaired) electrons. The Kier molecular flexibility index (Phi) is 4.17. The van der Waals surface area contributed by atoms with Crippen molar-refractivity contribution in [1.82, 2.24) is 20.0 Å². The third-order valence-electron chi connectivity index (χ3n) is 5.06. The Morgan fingerprint density at radius 2 is 2.10 bits per heavy atom. The summed E-state index contributed by atoms with van der Waals surface area (Å²) in [6.45, 7) is 0. The lowest BCUT2D eigenvalue weighted by Gasteiger charge is -2.25. The summed E-state index contributed by atoms with van der Waals surface area (Å²) in [5.41, 5.74) is 4.86. The predicted molar refractivity (Wildman–Crippen MR) is 110 cm³/mol. The SMILES string of the molecule is COc1ccc(-n2nc3ccc4c(c3n2)[C@H](c2cccnc2)CC(=O)N4)cc1Cl. The van der Waals surface area contributed by atoms with Gasteiger partial charge < -0.3 is 10.1 Å². The molecule has 2 aromatic heterocycles. The number of carbonyl (C=O) groups is 1. The van der Waals surface area contributed by atoms with Crippen molar-refractivity contribution in [2.45, 2.75) is 12.3 Å². The maximum atomic E-state index is 12.3. The van der Waals surface area contributed by atoms with Crippen LogP contribution < -0.4 is 10.1 Å². The zero-order valence-electron chi connectivity index (χ0n) is 15.5. The van der Waals surface area contributed by atoms with Crippen molar-refractivity contribution in [3.05, 3.63) is 71.0 Å². The Labute approximate surface area is 171 Å². The standard InChI is InChI=1S/C21H16ClN5O2/c1-29-18-7-4-13(9-15(18)22)27-25-17-6-5-16-20(21(17)26-27)14(10-19(28)24-16)12-3-2-8-23-11-12/h2-9,11,14H,10H2,1H3,(H,24,28)/t14-/m0/s1. The molecule has 0 saturated heterocycles. The summed E-state index contributed by atoms with van der Waals surface area (Å²) in [6, 6.07) is 13.0. The normalized spacial score (nSPS) is 15.8. The number of halogens is 1. The molecule has 5 rings (SSSR count). The largest absolute Gasteiger partial charge is 0.495 e. The number of carbonyl (C=O) groups excluding carboxylic acids is 1. The zero-order chi connectivity index (χ0) is 20.0. The van der Waals surface area contributed by atoms with Gasteiger partial charge in [0.1, 0.15) is 16.8 Å². The number of pyridine rings is 1. The molecule has 0 aliphatic carbocycles. The van der Waals surface area contributed by atoms with Crippen LogP contribution in [0.1, 0.15) is 23.5 Å². The van der Waals surface area contributed by atoms with E-state index in [-0.39, 0.29) is 11.8 Å². The third kappa shape index (κ3) is 3.00. The first-order valence-corrected chi connectivity index (χ1v) is 9.45. The van der Waals surface area contributed by atoms with E-state index in [1.807, 2.05) is 30.3 Å². The molecule has 2 aromatic carbocycles. The molecule has 144 valence electrons. The molecule has 0 bridgehead atoms. The van der Waals surface area contributed by atoms with Gasteiger partial charge in [-0.1, -0.05) is 17.7 Å². The van der Waals surface area contributed by atoms with Gasteiger partial charge in [-0.3, -0.25) is 9.78 Å². The second-order valence-electron chi connectivity index (χ2n) is 6.79. The molecule has 0 fully saturated rings. The highest BCUT2D eigenvalue weighted by Crippen LogP contribution is 2.40. The molecular weight excluding hydrogens is 390 g/mol. The minimum absolute atomic E-state index is 0.0277. The summed E-state index contributed by atoms with van der Waals surface area (Å²) in [6.07, 6.45) is 3.84. The Hall–Kier alpha value is -3.45. The highest BCUT2D eigenvalue weighted by atomic mass is 35.5. The van der Waals surface area contributed by atoms with Gasteiger partial charge in [0.05, 0.1) is 17.8 Å². The summed E-state index contributed by atoms with van der Waals surface area (Å²) in [5, 5.41) is 12.8. The van der Waals surface area contributed by atoms with Crippen molar-refractivity contribution < 1.29 is 9.53 Å². The van der Waals surface area contributed by atoms with Gasteiger partial charge in [0, 0.05) is 36.0 Å².